The van der Waals surface area contributed by atoms with Gasteiger partial charge in [0, 0.05) is 55.8 Å². The summed E-state index contributed by atoms with van der Waals surface area (Å²) in [7, 11) is 5.20. The van der Waals surface area contributed by atoms with E-state index >= 15 is 0 Å². The number of nitrogens with one attached hydrogen (secondary N) is 1. The molecule has 12 nitrogen and oxygen atoms in total. The Balaban J connectivity index is 1.11. The summed E-state index contributed by atoms with van der Waals surface area (Å²) in [4.78, 5) is 38.0. The number of hydrogen-bond donors (Lipinski definition) is 2. The van der Waals surface area contributed by atoms with Crippen LogP contribution in [0.2, 0.25) is 0 Å². The summed E-state index contributed by atoms with van der Waals surface area (Å²) in [5.74, 6) is 2.50. The van der Waals surface area contributed by atoms with Gasteiger partial charge in [0.1, 0.15) is 25.6 Å². The molecule has 7 rings (SSSR count). The predicted molar refractivity (Wildman–Crippen MR) is 230 cm³/mol. The average molecular weight is 810 g/mol. The van der Waals surface area contributed by atoms with Gasteiger partial charge in [-0.2, -0.15) is 12.6 Å². The minimum Gasteiger partial charge on any atom is -0.493 e. The molecular formula is C45H55N5O7S. The van der Waals surface area contributed by atoms with Gasteiger partial charge in [-0.15, -0.1) is 0 Å². The van der Waals surface area contributed by atoms with Gasteiger partial charge in [0.05, 0.1) is 48.8 Å². The Hall–Kier alpha value is -5.14. The summed E-state index contributed by atoms with van der Waals surface area (Å²) in [6.07, 6.45) is 7.67. The van der Waals surface area contributed by atoms with Gasteiger partial charge in [0.2, 0.25) is 0 Å². The van der Waals surface area contributed by atoms with Crippen molar-refractivity contribution in [2.45, 2.75) is 70.6 Å². The van der Waals surface area contributed by atoms with Crippen LogP contribution in [0.4, 0.5) is 11.4 Å². The third-order valence-corrected chi connectivity index (χ3v) is 11.2. The number of aliphatic imine (C=N–C) groups is 1. The monoisotopic (exact) mass is 809 g/mol. The number of fused-ring (bicyclic) bond motifs is 4. The van der Waals surface area contributed by atoms with E-state index in [2.05, 4.69) is 55.9 Å². The fourth-order valence-electron chi connectivity index (χ4n) is 8.12. The zero-order valence-corrected chi connectivity index (χ0v) is 35.5. The van der Waals surface area contributed by atoms with Crippen LogP contribution in [0.25, 0.3) is 0 Å². The lowest BCUT2D eigenvalue weighted by Gasteiger charge is -2.25. The summed E-state index contributed by atoms with van der Waals surface area (Å²) in [6.45, 7) is 12.5. The standard InChI is InChI=1S/C45H55N5O7S/c1-8-28-13-32-21-46-37-19-41(39(53-6)17-35(37)43(51)49(32)23-28)56-25-30-12-31(16-34(15-30)55-11-10-48(5)27-45(3,4)58)26-57-42-20-38-36(18-40(42)54-7)44(52)50-24-29(9-2)14-33(50)22-47-38/h8-9,12,15-21,32-33,47,58H,10-11,13-14,22-27H2,1-7H3/b28-8+,29-9+/t32-,33?/m0/s1. The SMILES string of the molecule is C/C=C1\CC2CNc3cc(OCc4cc(COc5cc6c(cc5OC)C(=O)N5C/C(=C/C)C[C@H]5C=N6)cc(OCCN(C)CC(C)(C)S)c4)c(OC)cc3C(=O)N2C1. The molecule has 4 aliphatic rings. The molecule has 4 aliphatic heterocycles. The molecule has 0 saturated carbocycles. The third-order valence-electron chi connectivity index (χ3n) is 11.1. The Morgan fingerprint density at radius 3 is 2.10 bits per heavy atom. The molecule has 13 heteroatoms. The first-order valence-corrected chi connectivity index (χ1v) is 20.3. The number of carbonyl (C=O) groups is 2. The van der Waals surface area contributed by atoms with Crippen LogP contribution in [-0.2, 0) is 13.2 Å². The molecule has 2 atom stereocenters. The number of methoxy groups -OCH3 is 2. The van der Waals surface area contributed by atoms with Gasteiger partial charge in [-0.25, -0.2) is 0 Å². The highest BCUT2D eigenvalue weighted by Gasteiger charge is 2.37. The summed E-state index contributed by atoms with van der Waals surface area (Å²) >= 11 is 4.68. The molecular weight excluding hydrogens is 755 g/mol. The van der Waals surface area contributed by atoms with E-state index in [1.54, 1.807) is 32.4 Å². The molecule has 0 aromatic heterocycles. The highest BCUT2D eigenvalue weighted by atomic mass is 32.1. The Labute approximate surface area is 347 Å². The highest BCUT2D eigenvalue weighted by molar-refractivity contribution is 7.81. The normalized spacial score (nSPS) is 20.0. The maximum absolute atomic E-state index is 13.7. The van der Waals surface area contributed by atoms with Gasteiger partial charge in [-0.3, -0.25) is 14.6 Å². The lowest BCUT2D eigenvalue weighted by Crippen LogP contribution is -2.36. The molecule has 2 saturated heterocycles. The molecule has 0 aliphatic carbocycles. The van der Waals surface area contributed by atoms with Crippen LogP contribution >= 0.6 is 12.6 Å². The van der Waals surface area contributed by atoms with Gasteiger partial charge >= 0.3 is 0 Å². The summed E-state index contributed by atoms with van der Waals surface area (Å²) in [5.41, 5.74) is 6.51. The molecule has 0 spiro atoms. The number of likely N-dealkylation sites (N-methyl/N-ethyl adjacent to an activating group) is 1. The molecule has 1 N–H and O–H groups in total. The zero-order valence-electron chi connectivity index (χ0n) is 34.6. The Bertz CT molecular complexity index is 2140. The van der Waals surface area contributed by atoms with E-state index in [0.717, 1.165) is 36.2 Å². The van der Waals surface area contributed by atoms with Gasteiger partial charge in [0.15, 0.2) is 23.0 Å². The van der Waals surface area contributed by atoms with Crippen molar-refractivity contribution < 1.29 is 33.3 Å². The fourth-order valence-corrected chi connectivity index (χ4v) is 8.36. The summed E-state index contributed by atoms with van der Waals surface area (Å²) in [6, 6.07) is 13.1. The molecule has 4 heterocycles. The Kier molecular flexibility index (Phi) is 12.3. The van der Waals surface area contributed by atoms with Crippen LogP contribution < -0.4 is 29.0 Å². The lowest BCUT2D eigenvalue weighted by molar-refractivity contribution is 0.0750. The molecule has 0 bridgehead atoms. The van der Waals surface area contributed by atoms with E-state index in [1.807, 2.05) is 54.1 Å². The predicted octanol–water partition coefficient (Wildman–Crippen LogP) is 7.34. The van der Waals surface area contributed by atoms with Crippen LogP contribution in [0.3, 0.4) is 0 Å². The van der Waals surface area contributed by atoms with Crippen molar-refractivity contribution in [3.05, 3.63) is 88.0 Å². The smallest absolute Gasteiger partial charge is 0.257 e. The Morgan fingerprint density at radius 2 is 1.45 bits per heavy atom. The van der Waals surface area contributed by atoms with Crippen LogP contribution in [-0.4, -0.2) is 110 Å². The van der Waals surface area contributed by atoms with Crippen molar-refractivity contribution in [2.75, 3.05) is 65.9 Å². The maximum Gasteiger partial charge on any atom is 0.257 e. The van der Waals surface area contributed by atoms with E-state index < -0.39 is 0 Å². The second-order valence-electron chi connectivity index (χ2n) is 16.1. The van der Waals surface area contributed by atoms with E-state index in [0.29, 0.717) is 78.3 Å². The average Bonchev–Trinajstić information content (AvgIpc) is 3.77. The van der Waals surface area contributed by atoms with Crippen molar-refractivity contribution in [3.63, 3.8) is 0 Å². The number of hydrogen-bond acceptors (Lipinski definition) is 11. The Morgan fingerprint density at radius 1 is 0.828 bits per heavy atom. The first-order chi connectivity index (χ1) is 27.9. The van der Waals surface area contributed by atoms with E-state index in [-0.39, 0.29) is 41.9 Å². The molecule has 58 heavy (non-hydrogen) atoms. The minimum atomic E-state index is -0.134. The van der Waals surface area contributed by atoms with Crippen molar-refractivity contribution in [2.24, 2.45) is 4.99 Å². The number of carbonyl (C=O) groups excluding carboxylic acids is 2. The number of thiol groups is 1. The second kappa shape index (κ2) is 17.4. The lowest BCUT2D eigenvalue weighted by atomic mass is 10.1. The van der Waals surface area contributed by atoms with Gasteiger partial charge in [0.25, 0.3) is 11.8 Å². The molecule has 2 fully saturated rings. The van der Waals surface area contributed by atoms with E-state index in [1.165, 1.54) is 11.1 Å². The van der Waals surface area contributed by atoms with E-state index in [4.69, 9.17) is 28.7 Å². The molecule has 2 amide bonds. The van der Waals surface area contributed by atoms with Crippen molar-refractivity contribution in [3.8, 4) is 28.7 Å². The molecule has 1 unspecified atom stereocenters. The number of rotatable bonds is 14. The first-order valence-electron chi connectivity index (χ1n) is 19.9. The number of anilines is 1. The third kappa shape index (κ3) is 9.10. The molecule has 0 radical (unpaired) electrons. The van der Waals surface area contributed by atoms with Crippen LogP contribution in [0, 0.1) is 0 Å². The first kappa shape index (κ1) is 41.0. The summed E-state index contributed by atoms with van der Waals surface area (Å²) in [5, 5.41) is 3.49. The number of ether oxygens (including phenoxy) is 5. The van der Waals surface area contributed by atoms with E-state index in [9.17, 15) is 9.59 Å². The van der Waals surface area contributed by atoms with Crippen molar-refractivity contribution >= 4 is 42.0 Å². The second-order valence-corrected chi connectivity index (χ2v) is 17.3. The molecule has 308 valence electrons. The number of benzene rings is 3. The zero-order chi connectivity index (χ0) is 41.1. The largest absolute Gasteiger partial charge is 0.493 e. The topological polar surface area (TPSA) is 114 Å². The van der Waals surface area contributed by atoms with Crippen LogP contribution in [0.5, 0.6) is 28.7 Å². The van der Waals surface area contributed by atoms with Gasteiger partial charge in [-0.1, -0.05) is 23.3 Å². The van der Waals surface area contributed by atoms with Crippen molar-refractivity contribution in [1.29, 1.82) is 0 Å². The number of nitrogens with zero attached hydrogens (tertiary/aromatic N) is 4. The van der Waals surface area contributed by atoms with Gasteiger partial charge < -0.3 is 43.7 Å². The highest BCUT2D eigenvalue weighted by Crippen LogP contribution is 2.40. The summed E-state index contributed by atoms with van der Waals surface area (Å²) < 4.78 is 30.5. The van der Waals surface area contributed by atoms with Crippen molar-refractivity contribution in [1.82, 2.24) is 14.7 Å². The molecule has 3 aromatic rings. The van der Waals surface area contributed by atoms with Crippen LogP contribution in [0.15, 0.2) is 70.8 Å². The van der Waals surface area contributed by atoms with Crippen LogP contribution in [0.1, 0.15) is 72.4 Å². The molecule has 3 aromatic carbocycles. The fraction of sp³-hybridized carbons (Fsp3) is 0.444. The number of allylic oxidation sites excluding steroid dienone is 2. The van der Waals surface area contributed by atoms with Gasteiger partial charge in [-0.05, 0) is 89.0 Å². The quantitative estimate of drug-likeness (QED) is 0.128. The number of amides is 2. The minimum absolute atomic E-state index is 0.0161. The maximum atomic E-state index is 13.7.